The molecule has 0 heterocycles. The lowest BCUT2D eigenvalue weighted by atomic mass is 10.2. The summed E-state index contributed by atoms with van der Waals surface area (Å²) in [7, 11) is -3.88. The smallest absolute Gasteiger partial charge is 0.304 e. The number of rotatable bonds is 9. The van der Waals surface area contributed by atoms with Crippen LogP contribution in [-0.2, 0) is 10.0 Å². The summed E-state index contributed by atoms with van der Waals surface area (Å²) in [5.41, 5.74) is -0.766. The molecular weight excluding hydrogens is 303 g/mol. The summed E-state index contributed by atoms with van der Waals surface area (Å²) in [6, 6.07) is 2.45. The molecule has 0 bridgehead atoms. The van der Waals surface area contributed by atoms with E-state index in [9.17, 15) is 22.9 Å². The number of aliphatic hydroxyl groups is 1. The molecule has 0 unspecified atom stereocenters. The predicted molar refractivity (Wildman–Crippen MR) is 73.8 cm³/mol. The van der Waals surface area contributed by atoms with Crippen molar-refractivity contribution in [1.29, 1.82) is 0 Å². The maximum absolute atomic E-state index is 13.4. The van der Waals surface area contributed by atoms with E-state index in [1.54, 1.807) is 0 Å². The van der Waals surface area contributed by atoms with E-state index >= 15 is 0 Å². The topological polar surface area (TPSA) is 110 Å². The highest BCUT2D eigenvalue weighted by Crippen LogP contribution is 2.20. The highest BCUT2D eigenvalue weighted by molar-refractivity contribution is 7.89. The number of halogens is 1. The second kappa shape index (κ2) is 8.01. The first-order chi connectivity index (χ1) is 9.88. The van der Waals surface area contributed by atoms with E-state index in [-0.39, 0.29) is 18.0 Å². The molecule has 0 atom stereocenters. The fourth-order valence-corrected chi connectivity index (χ4v) is 2.77. The summed E-state index contributed by atoms with van der Waals surface area (Å²) in [6.45, 7) is 0.292. The Balaban J connectivity index is 2.62. The molecule has 1 aromatic rings. The summed E-state index contributed by atoms with van der Waals surface area (Å²) in [5, 5.41) is 19.1. The summed E-state index contributed by atoms with van der Waals surface area (Å²) in [4.78, 5) is 9.20. The van der Waals surface area contributed by atoms with E-state index in [2.05, 4.69) is 4.72 Å². The monoisotopic (exact) mass is 320 g/mol. The Labute approximate surface area is 122 Å². The summed E-state index contributed by atoms with van der Waals surface area (Å²) in [6.07, 6.45) is 2.82. The van der Waals surface area contributed by atoms with E-state index < -0.39 is 26.5 Å². The average Bonchev–Trinajstić information content (AvgIpc) is 2.42. The Hall–Kier alpha value is -1.58. The minimum Gasteiger partial charge on any atom is -0.396 e. The third kappa shape index (κ3) is 5.37. The molecule has 0 spiro atoms. The minimum atomic E-state index is -3.88. The highest BCUT2D eigenvalue weighted by Gasteiger charge is 2.20. The number of nitrogens with one attached hydrogen (secondary N) is 1. The zero-order chi connectivity index (χ0) is 15.9. The van der Waals surface area contributed by atoms with Gasteiger partial charge in [0.05, 0.1) is 9.82 Å². The molecule has 118 valence electrons. The number of nitro groups is 1. The SMILES string of the molecule is O=[N+]([O-])c1ccc(S(=O)(=O)NCCCCCCO)cc1F. The first-order valence-electron chi connectivity index (χ1n) is 6.43. The van der Waals surface area contributed by atoms with Crippen LogP contribution in [0.3, 0.4) is 0 Å². The van der Waals surface area contributed by atoms with Gasteiger partial charge in [0.1, 0.15) is 0 Å². The van der Waals surface area contributed by atoms with Crippen molar-refractivity contribution in [3.8, 4) is 0 Å². The number of sulfonamides is 1. The molecule has 7 nitrogen and oxygen atoms in total. The Morgan fingerprint density at radius 2 is 1.90 bits per heavy atom. The molecule has 0 aliphatic carbocycles. The number of benzene rings is 1. The maximum atomic E-state index is 13.4. The second-order valence-electron chi connectivity index (χ2n) is 4.41. The molecule has 0 saturated heterocycles. The van der Waals surface area contributed by atoms with E-state index in [0.29, 0.717) is 18.9 Å². The Morgan fingerprint density at radius 3 is 2.48 bits per heavy atom. The molecule has 0 radical (unpaired) electrons. The third-order valence-electron chi connectivity index (χ3n) is 2.80. The molecule has 9 heteroatoms. The average molecular weight is 320 g/mol. The first kappa shape index (κ1) is 17.5. The molecular formula is C12H17FN2O5S. The fraction of sp³-hybridized carbons (Fsp3) is 0.500. The van der Waals surface area contributed by atoms with Crippen LogP contribution in [0.15, 0.2) is 23.1 Å². The van der Waals surface area contributed by atoms with Crippen LogP contribution in [0.1, 0.15) is 25.7 Å². The van der Waals surface area contributed by atoms with Crippen LogP contribution < -0.4 is 4.72 Å². The molecule has 1 aromatic carbocycles. The van der Waals surface area contributed by atoms with Gasteiger partial charge in [-0.2, -0.15) is 4.39 Å². The lowest BCUT2D eigenvalue weighted by molar-refractivity contribution is -0.387. The van der Waals surface area contributed by atoms with E-state index in [1.807, 2.05) is 0 Å². The van der Waals surface area contributed by atoms with Crippen molar-refractivity contribution in [3.05, 3.63) is 34.1 Å². The van der Waals surface area contributed by atoms with Crippen molar-refractivity contribution < 1.29 is 22.8 Å². The van der Waals surface area contributed by atoms with Crippen LogP contribution in [0.4, 0.5) is 10.1 Å². The van der Waals surface area contributed by atoms with Crippen molar-refractivity contribution in [2.75, 3.05) is 13.2 Å². The van der Waals surface area contributed by atoms with Crippen LogP contribution in [0, 0.1) is 15.9 Å². The largest absolute Gasteiger partial charge is 0.396 e. The quantitative estimate of drug-likeness (QED) is 0.408. The van der Waals surface area contributed by atoms with Crippen molar-refractivity contribution in [2.45, 2.75) is 30.6 Å². The van der Waals surface area contributed by atoms with Gasteiger partial charge in [-0.15, -0.1) is 0 Å². The maximum Gasteiger partial charge on any atom is 0.304 e. The van der Waals surface area contributed by atoms with Gasteiger partial charge in [-0.05, 0) is 18.9 Å². The summed E-state index contributed by atoms with van der Waals surface area (Å²) < 4.78 is 39.4. The molecule has 0 aromatic heterocycles. The van der Waals surface area contributed by atoms with Gasteiger partial charge in [-0.3, -0.25) is 10.1 Å². The molecule has 0 amide bonds. The summed E-state index contributed by atoms with van der Waals surface area (Å²) in [5.74, 6) is -1.19. The van der Waals surface area contributed by atoms with Gasteiger partial charge >= 0.3 is 5.69 Å². The van der Waals surface area contributed by atoms with Crippen LogP contribution in [0.25, 0.3) is 0 Å². The minimum absolute atomic E-state index is 0.105. The van der Waals surface area contributed by atoms with Crippen molar-refractivity contribution in [1.82, 2.24) is 4.72 Å². The van der Waals surface area contributed by atoms with E-state index in [4.69, 9.17) is 5.11 Å². The van der Waals surface area contributed by atoms with Gasteiger partial charge in [-0.25, -0.2) is 13.1 Å². The zero-order valence-corrected chi connectivity index (χ0v) is 12.1. The molecule has 2 N–H and O–H groups in total. The van der Waals surface area contributed by atoms with Gasteiger partial charge in [0.25, 0.3) is 0 Å². The van der Waals surface area contributed by atoms with Crippen molar-refractivity contribution >= 4 is 15.7 Å². The Bertz CT molecular complexity index is 591. The van der Waals surface area contributed by atoms with E-state index in [0.717, 1.165) is 25.0 Å². The van der Waals surface area contributed by atoms with Crippen molar-refractivity contribution in [3.63, 3.8) is 0 Å². The molecule has 0 fully saturated rings. The number of nitrogens with zero attached hydrogens (tertiary/aromatic N) is 1. The van der Waals surface area contributed by atoms with Gasteiger partial charge in [0.2, 0.25) is 15.8 Å². The Kier molecular flexibility index (Phi) is 6.66. The second-order valence-corrected chi connectivity index (χ2v) is 6.17. The third-order valence-corrected chi connectivity index (χ3v) is 4.26. The number of unbranched alkanes of at least 4 members (excludes halogenated alkanes) is 3. The first-order valence-corrected chi connectivity index (χ1v) is 7.91. The van der Waals surface area contributed by atoms with Crippen LogP contribution in [0.2, 0.25) is 0 Å². The molecule has 0 aliphatic rings. The summed E-state index contributed by atoms with van der Waals surface area (Å²) >= 11 is 0. The van der Waals surface area contributed by atoms with Crippen LogP contribution in [-0.4, -0.2) is 31.6 Å². The van der Waals surface area contributed by atoms with E-state index in [1.165, 1.54) is 0 Å². The van der Waals surface area contributed by atoms with Gasteiger partial charge < -0.3 is 5.11 Å². The van der Waals surface area contributed by atoms with Crippen LogP contribution >= 0.6 is 0 Å². The van der Waals surface area contributed by atoms with Gasteiger partial charge in [0, 0.05) is 25.3 Å². The normalized spacial score (nSPS) is 11.5. The van der Waals surface area contributed by atoms with Crippen molar-refractivity contribution in [2.24, 2.45) is 0 Å². The molecule has 0 saturated carbocycles. The van der Waals surface area contributed by atoms with Gasteiger partial charge in [0.15, 0.2) is 0 Å². The number of hydrogen-bond donors (Lipinski definition) is 2. The number of hydrogen-bond acceptors (Lipinski definition) is 5. The standard InChI is InChI=1S/C12H17FN2O5S/c13-11-9-10(5-6-12(11)15(17)18)21(19,20)14-7-3-1-2-4-8-16/h5-6,9,14,16H,1-4,7-8H2. The Morgan fingerprint density at radius 1 is 1.24 bits per heavy atom. The lowest BCUT2D eigenvalue weighted by Crippen LogP contribution is -2.25. The highest BCUT2D eigenvalue weighted by atomic mass is 32.2. The predicted octanol–water partition coefficient (Wildman–Crippen LogP) is 1.56. The number of nitro benzene ring substituents is 1. The van der Waals surface area contributed by atoms with Gasteiger partial charge in [-0.1, -0.05) is 12.8 Å². The molecule has 21 heavy (non-hydrogen) atoms. The zero-order valence-electron chi connectivity index (χ0n) is 11.3. The lowest BCUT2D eigenvalue weighted by Gasteiger charge is -2.07. The number of aliphatic hydroxyl groups excluding tert-OH is 1. The fourth-order valence-electron chi connectivity index (χ4n) is 1.68. The molecule has 1 rings (SSSR count). The van der Waals surface area contributed by atoms with Crippen LogP contribution in [0.5, 0.6) is 0 Å². The molecule has 0 aliphatic heterocycles.